The molecular formula is C31H38FN3O4S. The van der Waals surface area contributed by atoms with Gasteiger partial charge < -0.3 is 10.2 Å². The van der Waals surface area contributed by atoms with Crippen molar-refractivity contribution in [3.63, 3.8) is 0 Å². The zero-order valence-corrected chi connectivity index (χ0v) is 24.1. The van der Waals surface area contributed by atoms with Crippen molar-refractivity contribution in [3.05, 3.63) is 102 Å². The predicted octanol–water partition coefficient (Wildman–Crippen LogP) is 4.78. The van der Waals surface area contributed by atoms with Crippen LogP contribution in [0.4, 0.5) is 10.1 Å². The number of carbonyl (C=O) groups is 2. The van der Waals surface area contributed by atoms with E-state index >= 15 is 0 Å². The fourth-order valence-corrected chi connectivity index (χ4v) is 5.33. The topological polar surface area (TPSA) is 86.8 Å². The Balaban J connectivity index is 1.85. The molecule has 0 aliphatic heterocycles. The highest BCUT2D eigenvalue weighted by atomic mass is 32.2. The van der Waals surface area contributed by atoms with Gasteiger partial charge in [-0.1, -0.05) is 74.5 Å². The number of nitrogens with one attached hydrogen (secondary N) is 1. The van der Waals surface area contributed by atoms with Gasteiger partial charge in [0.2, 0.25) is 21.8 Å². The van der Waals surface area contributed by atoms with Gasteiger partial charge in [0.15, 0.2) is 0 Å². The van der Waals surface area contributed by atoms with Crippen molar-refractivity contribution >= 4 is 27.5 Å². The van der Waals surface area contributed by atoms with Gasteiger partial charge in [0, 0.05) is 32.5 Å². The van der Waals surface area contributed by atoms with Gasteiger partial charge in [0.25, 0.3) is 0 Å². The Hall–Kier alpha value is -3.72. The number of hydrogen-bond donors (Lipinski definition) is 1. The summed E-state index contributed by atoms with van der Waals surface area (Å²) in [6.45, 7) is 4.78. The highest BCUT2D eigenvalue weighted by Gasteiger charge is 2.30. The second kappa shape index (κ2) is 14.6. The summed E-state index contributed by atoms with van der Waals surface area (Å²) in [5.74, 6) is -0.708. The molecule has 0 heterocycles. The summed E-state index contributed by atoms with van der Waals surface area (Å²) in [6, 6.07) is 23.5. The molecule has 2 amide bonds. The lowest BCUT2D eigenvalue weighted by Crippen LogP contribution is -2.51. The van der Waals surface area contributed by atoms with Crippen LogP contribution >= 0.6 is 0 Å². The standard InChI is InChI=1S/C31H38FN3O4S/c1-24(2)22-33-31(37)29(21-25-11-6-4-7-12-25)34(23-26-13-8-5-9-14-26)30(36)15-10-20-35(40(3,38)39)28-18-16-27(32)17-19-28/h4-9,11-14,16-19,24,29H,10,15,20-23H2,1-3H3,(H,33,37). The van der Waals surface area contributed by atoms with Crippen LogP contribution in [-0.2, 0) is 32.6 Å². The number of hydrogen-bond acceptors (Lipinski definition) is 4. The molecule has 0 bridgehead atoms. The molecule has 1 unspecified atom stereocenters. The zero-order valence-electron chi connectivity index (χ0n) is 23.3. The number of anilines is 1. The molecule has 0 aliphatic rings. The van der Waals surface area contributed by atoms with E-state index in [-0.39, 0.29) is 43.7 Å². The third-order valence-corrected chi connectivity index (χ3v) is 7.61. The first-order valence-corrected chi connectivity index (χ1v) is 15.3. The second-order valence-corrected chi connectivity index (χ2v) is 12.2. The Labute approximate surface area is 237 Å². The minimum atomic E-state index is -3.66. The summed E-state index contributed by atoms with van der Waals surface area (Å²) in [5, 5.41) is 2.99. The van der Waals surface area contributed by atoms with E-state index in [9.17, 15) is 22.4 Å². The molecule has 0 saturated carbocycles. The number of amides is 2. The summed E-state index contributed by atoms with van der Waals surface area (Å²) in [7, 11) is -3.66. The van der Waals surface area contributed by atoms with E-state index in [1.165, 1.54) is 24.3 Å². The monoisotopic (exact) mass is 567 g/mol. The molecule has 0 saturated heterocycles. The zero-order chi connectivity index (χ0) is 29.1. The number of sulfonamides is 1. The van der Waals surface area contributed by atoms with Gasteiger partial charge in [-0.25, -0.2) is 12.8 Å². The van der Waals surface area contributed by atoms with Crippen LogP contribution < -0.4 is 9.62 Å². The Bertz CT molecular complexity index is 1330. The molecule has 214 valence electrons. The van der Waals surface area contributed by atoms with Crippen LogP contribution in [0.2, 0.25) is 0 Å². The summed E-state index contributed by atoms with van der Waals surface area (Å²) in [5.41, 5.74) is 2.14. The minimum absolute atomic E-state index is 0.0306. The summed E-state index contributed by atoms with van der Waals surface area (Å²) >= 11 is 0. The van der Waals surface area contributed by atoms with Crippen LogP contribution in [0.5, 0.6) is 0 Å². The number of carbonyl (C=O) groups excluding carboxylic acids is 2. The van der Waals surface area contributed by atoms with E-state index in [1.807, 2.05) is 74.5 Å². The third-order valence-electron chi connectivity index (χ3n) is 6.42. The van der Waals surface area contributed by atoms with Gasteiger partial charge in [-0.15, -0.1) is 0 Å². The van der Waals surface area contributed by atoms with Crippen molar-refractivity contribution in [1.29, 1.82) is 0 Å². The number of halogens is 1. The quantitative estimate of drug-likeness (QED) is 0.304. The molecular weight excluding hydrogens is 529 g/mol. The van der Waals surface area contributed by atoms with E-state index in [0.717, 1.165) is 21.7 Å². The SMILES string of the molecule is CC(C)CNC(=O)C(Cc1ccccc1)N(Cc1ccccc1)C(=O)CCCN(c1ccc(F)cc1)S(C)(=O)=O. The largest absolute Gasteiger partial charge is 0.354 e. The predicted molar refractivity (Wildman–Crippen MR) is 157 cm³/mol. The molecule has 9 heteroatoms. The Morgan fingerprint density at radius 3 is 2.00 bits per heavy atom. The number of nitrogens with zero attached hydrogens (tertiary/aromatic N) is 2. The average Bonchev–Trinajstić information content (AvgIpc) is 2.92. The van der Waals surface area contributed by atoms with E-state index in [0.29, 0.717) is 18.7 Å². The fraction of sp³-hybridized carbons (Fsp3) is 0.355. The molecule has 0 aliphatic carbocycles. The molecule has 0 radical (unpaired) electrons. The van der Waals surface area contributed by atoms with Crippen LogP contribution in [-0.4, -0.2) is 50.5 Å². The smallest absolute Gasteiger partial charge is 0.243 e. The van der Waals surface area contributed by atoms with Crippen molar-refractivity contribution in [1.82, 2.24) is 10.2 Å². The molecule has 3 aromatic carbocycles. The van der Waals surface area contributed by atoms with E-state index in [2.05, 4.69) is 5.32 Å². The van der Waals surface area contributed by atoms with Crippen molar-refractivity contribution in [3.8, 4) is 0 Å². The summed E-state index contributed by atoms with van der Waals surface area (Å²) < 4.78 is 39.5. The van der Waals surface area contributed by atoms with Crippen LogP contribution in [0.3, 0.4) is 0 Å². The number of benzene rings is 3. The lowest BCUT2D eigenvalue weighted by molar-refractivity contribution is -0.141. The number of rotatable bonds is 14. The Kier molecular flexibility index (Phi) is 11.3. The van der Waals surface area contributed by atoms with Gasteiger partial charge in [-0.05, 0) is 47.7 Å². The van der Waals surface area contributed by atoms with Gasteiger partial charge in [-0.3, -0.25) is 13.9 Å². The Morgan fingerprint density at radius 1 is 0.875 bits per heavy atom. The fourth-order valence-electron chi connectivity index (χ4n) is 4.37. The molecule has 0 aromatic heterocycles. The molecule has 0 fully saturated rings. The van der Waals surface area contributed by atoms with E-state index < -0.39 is 21.9 Å². The molecule has 0 spiro atoms. The Morgan fingerprint density at radius 2 is 1.45 bits per heavy atom. The molecule has 1 N–H and O–H groups in total. The van der Waals surface area contributed by atoms with E-state index in [1.54, 1.807) is 4.90 Å². The molecule has 3 aromatic rings. The molecule has 7 nitrogen and oxygen atoms in total. The first-order chi connectivity index (χ1) is 19.0. The van der Waals surface area contributed by atoms with Gasteiger partial charge >= 0.3 is 0 Å². The molecule has 1 atom stereocenters. The van der Waals surface area contributed by atoms with Crippen molar-refractivity contribution in [2.75, 3.05) is 23.7 Å². The third kappa shape index (κ3) is 9.48. The van der Waals surface area contributed by atoms with Crippen LogP contribution in [0.1, 0.15) is 37.8 Å². The van der Waals surface area contributed by atoms with Crippen LogP contribution in [0, 0.1) is 11.7 Å². The normalized spacial score (nSPS) is 12.1. The first-order valence-electron chi connectivity index (χ1n) is 13.4. The van der Waals surface area contributed by atoms with Crippen molar-refractivity contribution in [2.45, 2.75) is 45.7 Å². The lowest BCUT2D eigenvalue weighted by Gasteiger charge is -2.32. The first kappa shape index (κ1) is 30.8. The van der Waals surface area contributed by atoms with Gasteiger partial charge in [0.1, 0.15) is 11.9 Å². The van der Waals surface area contributed by atoms with Gasteiger partial charge in [-0.2, -0.15) is 0 Å². The summed E-state index contributed by atoms with van der Waals surface area (Å²) in [4.78, 5) is 28.9. The second-order valence-electron chi connectivity index (χ2n) is 10.3. The van der Waals surface area contributed by atoms with Crippen LogP contribution in [0.15, 0.2) is 84.9 Å². The van der Waals surface area contributed by atoms with Crippen LogP contribution in [0.25, 0.3) is 0 Å². The van der Waals surface area contributed by atoms with Crippen molar-refractivity contribution < 1.29 is 22.4 Å². The van der Waals surface area contributed by atoms with Crippen molar-refractivity contribution in [2.24, 2.45) is 5.92 Å². The molecule has 3 rings (SSSR count). The van der Waals surface area contributed by atoms with Gasteiger partial charge in [0.05, 0.1) is 11.9 Å². The highest BCUT2D eigenvalue weighted by Crippen LogP contribution is 2.20. The lowest BCUT2D eigenvalue weighted by atomic mass is 10.0. The highest BCUT2D eigenvalue weighted by molar-refractivity contribution is 7.92. The van der Waals surface area contributed by atoms with E-state index in [4.69, 9.17) is 0 Å². The average molecular weight is 568 g/mol. The maximum absolute atomic E-state index is 13.8. The summed E-state index contributed by atoms with van der Waals surface area (Å²) in [6.07, 6.45) is 1.67. The minimum Gasteiger partial charge on any atom is -0.354 e. The maximum atomic E-state index is 13.8. The maximum Gasteiger partial charge on any atom is 0.243 e. The molecule has 40 heavy (non-hydrogen) atoms.